The summed E-state index contributed by atoms with van der Waals surface area (Å²) in [5.74, 6) is 0.246. The molecule has 1 rings (SSSR count). The largest absolute Gasteiger partial charge is 0.492 e. The Labute approximate surface area is 88.7 Å². The number of aliphatic hydroxyl groups is 1. The van der Waals surface area contributed by atoms with E-state index in [4.69, 9.17) is 15.6 Å². The molecule has 0 unspecified atom stereocenters. The standard InChI is InChI=1S/C11H15NO3/c1-8-3-2-4-9(7-13)11(8)15-6-5-10(12)14/h2-4,13H,5-7H2,1H3,(H2,12,14). The van der Waals surface area contributed by atoms with Gasteiger partial charge in [0.15, 0.2) is 0 Å². The minimum absolute atomic E-state index is 0.0758. The molecule has 1 amide bonds. The van der Waals surface area contributed by atoms with Gasteiger partial charge < -0.3 is 15.6 Å². The summed E-state index contributed by atoms with van der Waals surface area (Å²) in [4.78, 5) is 10.5. The van der Waals surface area contributed by atoms with E-state index in [-0.39, 0.29) is 19.6 Å². The Bertz CT molecular complexity index is 350. The van der Waals surface area contributed by atoms with Crippen LogP contribution in [-0.2, 0) is 11.4 Å². The molecule has 0 spiro atoms. The average molecular weight is 209 g/mol. The molecule has 4 heteroatoms. The number of nitrogens with two attached hydrogens (primary N) is 1. The van der Waals surface area contributed by atoms with Crippen LogP contribution in [-0.4, -0.2) is 17.6 Å². The Morgan fingerprint density at radius 2 is 2.27 bits per heavy atom. The molecule has 0 fully saturated rings. The van der Waals surface area contributed by atoms with Gasteiger partial charge in [-0.1, -0.05) is 18.2 Å². The number of amides is 1. The van der Waals surface area contributed by atoms with E-state index in [0.717, 1.165) is 11.1 Å². The molecule has 0 aliphatic carbocycles. The van der Waals surface area contributed by atoms with Crippen molar-refractivity contribution in [3.8, 4) is 5.75 Å². The van der Waals surface area contributed by atoms with Crippen molar-refractivity contribution < 1.29 is 14.6 Å². The van der Waals surface area contributed by atoms with Gasteiger partial charge in [0.25, 0.3) is 0 Å². The van der Waals surface area contributed by atoms with Gasteiger partial charge in [0, 0.05) is 5.56 Å². The van der Waals surface area contributed by atoms with E-state index < -0.39 is 5.91 Å². The van der Waals surface area contributed by atoms with Gasteiger partial charge in [-0.15, -0.1) is 0 Å². The zero-order valence-electron chi connectivity index (χ0n) is 8.69. The maximum atomic E-state index is 10.5. The van der Waals surface area contributed by atoms with E-state index in [1.165, 1.54) is 0 Å². The van der Waals surface area contributed by atoms with E-state index in [9.17, 15) is 4.79 Å². The number of aryl methyl sites for hydroxylation is 1. The lowest BCUT2D eigenvalue weighted by molar-refractivity contribution is -0.118. The first-order valence-corrected chi connectivity index (χ1v) is 4.75. The fourth-order valence-corrected chi connectivity index (χ4v) is 1.30. The van der Waals surface area contributed by atoms with Crippen LogP contribution in [0.1, 0.15) is 17.5 Å². The lowest BCUT2D eigenvalue weighted by atomic mass is 10.1. The highest BCUT2D eigenvalue weighted by Gasteiger charge is 2.06. The van der Waals surface area contributed by atoms with Crippen LogP contribution >= 0.6 is 0 Å². The zero-order chi connectivity index (χ0) is 11.3. The zero-order valence-corrected chi connectivity index (χ0v) is 8.69. The number of hydrogen-bond acceptors (Lipinski definition) is 3. The van der Waals surface area contributed by atoms with Gasteiger partial charge in [0.05, 0.1) is 19.6 Å². The fourth-order valence-electron chi connectivity index (χ4n) is 1.30. The van der Waals surface area contributed by atoms with Gasteiger partial charge in [0.1, 0.15) is 5.75 Å². The van der Waals surface area contributed by atoms with Crippen molar-refractivity contribution in [1.82, 2.24) is 0 Å². The third-order valence-corrected chi connectivity index (χ3v) is 2.06. The monoisotopic (exact) mass is 209 g/mol. The first-order chi connectivity index (χ1) is 7.15. The average Bonchev–Trinajstić information content (AvgIpc) is 2.20. The van der Waals surface area contributed by atoms with Gasteiger partial charge in [-0.25, -0.2) is 0 Å². The van der Waals surface area contributed by atoms with Gasteiger partial charge in [-0.2, -0.15) is 0 Å². The van der Waals surface area contributed by atoms with Crippen LogP contribution in [0.3, 0.4) is 0 Å². The Kier molecular flexibility index (Phi) is 4.12. The highest BCUT2D eigenvalue weighted by atomic mass is 16.5. The quantitative estimate of drug-likeness (QED) is 0.751. The third-order valence-electron chi connectivity index (χ3n) is 2.06. The molecule has 4 nitrogen and oxygen atoms in total. The second-order valence-corrected chi connectivity index (χ2v) is 3.29. The fraction of sp³-hybridized carbons (Fsp3) is 0.364. The molecule has 15 heavy (non-hydrogen) atoms. The molecule has 0 atom stereocenters. The van der Waals surface area contributed by atoms with E-state index in [2.05, 4.69) is 0 Å². The summed E-state index contributed by atoms with van der Waals surface area (Å²) in [5, 5.41) is 9.08. The summed E-state index contributed by atoms with van der Waals surface area (Å²) in [6.45, 7) is 2.06. The van der Waals surface area contributed by atoms with Crippen molar-refractivity contribution in [3.05, 3.63) is 29.3 Å². The van der Waals surface area contributed by atoms with Crippen LogP contribution in [0.2, 0.25) is 0 Å². The lowest BCUT2D eigenvalue weighted by Gasteiger charge is -2.11. The first kappa shape index (κ1) is 11.5. The van der Waals surface area contributed by atoms with Crippen LogP contribution < -0.4 is 10.5 Å². The second-order valence-electron chi connectivity index (χ2n) is 3.29. The van der Waals surface area contributed by atoms with Gasteiger partial charge in [-0.05, 0) is 12.5 Å². The second kappa shape index (κ2) is 5.36. The Morgan fingerprint density at radius 1 is 1.53 bits per heavy atom. The predicted octanol–water partition coefficient (Wildman–Crippen LogP) is 0.742. The topological polar surface area (TPSA) is 72.6 Å². The van der Waals surface area contributed by atoms with Gasteiger partial charge in [-0.3, -0.25) is 4.79 Å². The van der Waals surface area contributed by atoms with Crippen LogP contribution in [0.5, 0.6) is 5.75 Å². The summed E-state index contributed by atoms with van der Waals surface area (Å²) in [5.41, 5.74) is 6.65. The molecule has 0 bridgehead atoms. The minimum atomic E-state index is -0.394. The Morgan fingerprint density at radius 3 is 2.87 bits per heavy atom. The van der Waals surface area contributed by atoms with Crippen molar-refractivity contribution in [1.29, 1.82) is 0 Å². The number of rotatable bonds is 5. The van der Waals surface area contributed by atoms with E-state index in [1.54, 1.807) is 6.07 Å². The normalized spacial score (nSPS) is 10.0. The van der Waals surface area contributed by atoms with Crippen LogP contribution in [0.4, 0.5) is 0 Å². The number of aliphatic hydroxyl groups excluding tert-OH is 1. The molecule has 3 N–H and O–H groups in total. The molecule has 0 saturated heterocycles. The summed E-state index contributed by atoms with van der Waals surface area (Å²) < 4.78 is 5.41. The van der Waals surface area contributed by atoms with Crippen molar-refractivity contribution >= 4 is 5.91 Å². The van der Waals surface area contributed by atoms with E-state index >= 15 is 0 Å². The number of ether oxygens (including phenoxy) is 1. The van der Waals surface area contributed by atoms with Crippen LogP contribution in [0, 0.1) is 6.92 Å². The third kappa shape index (κ3) is 3.25. The van der Waals surface area contributed by atoms with Crippen molar-refractivity contribution in [2.45, 2.75) is 20.0 Å². The Balaban J connectivity index is 2.70. The molecule has 0 aliphatic heterocycles. The summed E-state index contributed by atoms with van der Waals surface area (Å²) >= 11 is 0. The number of para-hydroxylation sites is 1. The highest BCUT2D eigenvalue weighted by molar-refractivity contribution is 5.73. The van der Waals surface area contributed by atoms with E-state index in [1.807, 2.05) is 19.1 Å². The van der Waals surface area contributed by atoms with Gasteiger partial charge >= 0.3 is 0 Å². The molecular weight excluding hydrogens is 194 g/mol. The van der Waals surface area contributed by atoms with Crippen molar-refractivity contribution in [2.75, 3.05) is 6.61 Å². The molecule has 0 aliphatic rings. The number of primary amides is 1. The van der Waals surface area contributed by atoms with Crippen molar-refractivity contribution in [2.24, 2.45) is 5.73 Å². The molecule has 0 saturated carbocycles. The molecular formula is C11H15NO3. The Hall–Kier alpha value is -1.55. The van der Waals surface area contributed by atoms with Crippen molar-refractivity contribution in [3.63, 3.8) is 0 Å². The number of carbonyl (C=O) groups excluding carboxylic acids is 1. The predicted molar refractivity (Wildman–Crippen MR) is 56.4 cm³/mol. The number of carbonyl (C=O) groups is 1. The summed E-state index contributed by atoms with van der Waals surface area (Å²) in [6.07, 6.45) is 0.180. The van der Waals surface area contributed by atoms with Crippen LogP contribution in [0.25, 0.3) is 0 Å². The van der Waals surface area contributed by atoms with Gasteiger partial charge in [0.2, 0.25) is 5.91 Å². The summed E-state index contributed by atoms with van der Waals surface area (Å²) in [6, 6.07) is 5.52. The lowest BCUT2D eigenvalue weighted by Crippen LogP contribution is -2.15. The molecule has 1 aromatic carbocycles. The highest BCUT2D eigenvalue weighted by Crippen LogP contribution is 2.23. The molecule has 0 radical (unpaired) electrons. The van der Waals surface area contributed by atoms with Crippen LogP contribution in [0.15, 0.2) is 18.2 Å². The SMILES string of the molecule is Cc1cccc(CO)c1OCCC(N)=O. The maximum Gasteiger partial charge on any atom is 0.220 e. The molecule has 0 heterocycles. The first-order valence-electron chi connectivity index (χ1n) is 4.75. The molecule has 1 aromatic rings. The summed E-state index contributed by atoms with van der Waals surface area (Å²) in [7, 11) is 0. The number of hydrogen-bond donors (Lipinski definition) is 2. The number of benzene rings is 1. The minimum Gasteiger partial charge on any atom is -0.492 e. The molecule has 82 valence electrons. The smallest absolute Gasteiger partial charge is 0.220 e. The molecule has 0 aromatic heterocycles. The maximum absolute atomic E-state index is 10.5. The van der Waals surface area contributed by atoms with E-state index in [0.29, 0.717) is 5.75 Å².